The summed E-state index contributed by atoms with van der Waals surface area (Å²) in [5, 5.41) is 4.66. The van der Waals surface area contributed by atoms with Gasteiger partial charge >= 0.3 is 0 Å². The van der Waals surface area contributed by atoms with E-state index in [9.17, 15) is 9.59 Å². The van der Waals surface area contributed by atoms with Gasteiger partial charge in [-0.1, -0.05) is 43.4 Å². The molecule has 1 fully saturated rings. The maximum atomic E-state index is 12.7. The van der Waals surface area contributed by atoms with Crippen LogP contribution in [0.15, 0.2) is 41.6 Å². The summed E-state index contributed by atoms with van der Waals surface area (Å²) in [6.45, 7) is 2.01. The van der Waals surface area contributed by atoms with E-state index in [4.69, 9.17) is 0 Å². The Kier molecular flexibility index (Phi) is 4.75. The van der Waals surface area contributed by atoms with Crippen molar-refractivity contribution in [2.75, 3.05) is 5.43 Å². The molecule has 0 bridgehead atoms. The van der Waals surface area contributed by atoms with Gasteiger partial charge in [0.2, 0.25) is 5.91 Å². The first-order valence-corrected chi connectivity index (χ1v) is 9.44. The molecule has 0 aliphatic heterocycles. The molecule has 1 N–H and O–H groups in total. The number of amides is 1. The van der Waals surface area contributed by atoms with E-state index in [0.29, 0.717) is 23.4 Å². The molecule has 0 atom stereocenters. The minimum Gasteiger partial charge on any atom is -0.273 e. The van der Waals surface area contributed by atoms with Crippen LogP contribution >= 0.6 is 0 Å². The quantitative estimate of drug-likeness (QED) is 0.754. The fourth-order valence-electron chi connectivity index (χ4n) is 3.69. The lowest BCUT2D eigenvalue weighted by molar-refractivity contribution is -0.117. The molecule has 0 spiro atoms. The van der Waals surface area contributed by atoms with E-state index < -0.39 is 0 Å². The van der Waals surface area contributed by atoms with Gasteiger partial charge in [0.25, 0.3) is 5.56 Å². The molecule has 27 heavy (non-hydrogen) atoms. The lowest BCUT2D eigenvalue weighted by Crippen LogP contribution is -2.33. The number of nitrogens with one attached hydrogen (secondary N) is 1. The highest BCUT2D eigenvalue weighted by atomic mass is 16.2. The summed E-state index contributed by atoms with van der Waals surface area (Å²) in [6, 6.07) is 7.82. The first-order chi connectivity index (χ1) is 13.1. The molecule has 0 radical (unpaired) electrons. The summed E-state index contributed by atoms with van der Waals surface area (Å²) in [5.74, 6) is 0.483. The Morgan fingerprint density at radius 2 is 1.96 bits per heavy atom. The predicted molar refractivity (Wildman–Crippen MR) is 103 cm³/mol. The highest BCUT2D eigenvalue weighted by molar-refractivity contribution is 5.84. The van der Waals surface area contributed by atoms with Crippen LogP contribution in [-0.4, -0.2) is 25.3 Å². The first-order valence-electron chi connectivity index (χ1n) is 9.44. The second-order valence-electron chi connectivity index (χ2n) is 7.27. The van der Waals surface area contributed by atoms with E-state index >= 15 is 0 Å². The molecular weight excluding hydrogens is 342 g/mol. The molecule has 2 heterocycles. The summed E-state index contributed by atoms with van der Waals surface area (Å²) in [6.07, 6.45) is 9.09. The van der Waals surface area contributed by atoms with Crippen molar-refractivity contribution in [2.45, 2.75) is 45.4 Å². The van der Waals surface area contributed by atoms with Gasteiger partial charge in [0.1, 0.15) is 11.7 Å². The number of hydrogen-bond acceptors (Lipinski definition) is 4. The van der Waals surface area contributed by atoms with E-state index in [-0.39, 0.29) is 11.5 Å². The van der Waals surface area contributed by atoms with Crippen LogP contribution in [0.4, 0.5) is 0 Å². The molecule has 0 saturated heterocycles. The van der Waals surface area contributed by atoms with Crippen LogP contribution in [-0.2, 0) is 4.79 Å². The summed E-state index contributed by atoms with van der Waals surface area (Å²) in [4.78, 5) is 29.2. The molecule has 1 saturated carbocycles. The van der Waals surface area contributed by atoms with E-state index in [1.54, 1.807) is 4.68 Å². The largest absolute Gasteiger partial charge is 0.283 e. The Morgan fingerprint density at radius 1 is 1.22 bits per heavy atom. The van der Waals surface area contributed by atoms with E-state index in [2.05, 4.69) is 15.5 Å². The van der Waals surface area contributed by atoms with Crippen molar-refractivity contribution in [3.8, 4) is 5.69 Å². The lowest BCUT2D eigenvalue weighted by atomic mass is 10.0. The second-order valence-corrected chi connectivity index (χ2v) is 7.27. The third kappa shape index (κ3) is 3.63. The SMILES string of the molecule is Cc1ccc(-n2ncc3c(=O)n(NC(=O)CCC4CCCC4)cnc32)cc1. The van der Waals surface area contributed by atoms with Crippen molar-refractivity contribution >= 4 is 16.9 Å². The van der Waals surface area contributed by atoms with Crippen LogP contribution in [0.2, 0.25) is 0 Å². The zero-order valence-corrected chi connectivity index (χ0v) is 15.4. The van der Waals surface area contributed by atoms with Crippen LogP contribution in [0.25, 0.3) is 16.7 Å². The minimum absolute atomic E-state index is 0.156. The van der Waals surface area contributed by atoms with E-state index in [1.807, 2.05) is 31.2 Å². The Hall–Kier alpha value is -2.96. The third-order valence-corrected chi connectivity index (χ3v) is 5.27. The van der Waals surface area contributed by atoms with Crippen LogP contribution < -0.4 is 11.0 Å². The Bertz CT molecular complexity index is 1010. The van der Waals surface area contributed by atoms with Crippen LogP contribution in [0.1, 0.15) is 44.1 Å². The highest BCUT2D eigenvalue weighted by Gasteiger charge is 2.17. The number of hydrogen-bond donors (Lipinski definition) is 1. The fourth-order valence-corrected chi connectivity index (χ4v) is 3.69. The van der Waals surface area contributed by atoms with Crippen molar-refractivity contribution in [2.24, 2.45) is 5.92 Å². The minimum atomic E-state index is -0.326. The molecule has 1 aromatic carbocycles. The van der Waals surface area contributed by atoms with Crippen LogP contribution in [0.3, 0.4) is 0 Å². The fraction of sp³-hybridized carbons (Fsp3) is 0.400. The van der Waals surface area contributed by atoms with Gasteiger partial charge in [-0.3, -0.25) is 15.0 Å². The molecule has 1 aliphatic rings. The van der Waals surface area contributed by atoms with Crippen molar-refractivity contribution in [3.05, 3.63) is 52.7 Å². The van der Waals surface area contributed by atoms with Gasteiger partial charge in [-0.2, -0.15) is 5.10 Å². The van der Waals surface area contributed by atoms with E-state index in [1.165, 1.54) is 38.2 Å². The monoisotopic (exact) mass is 365 g/mol. The van der Waals surface area contributed by atoms with Gasteiger partial charge in [0.15, 0.2) is 5.65 Å². The topological polar surface area (TPSA) is 81.8 Å². The van der Waals surface area contributed by atoms with Gasteiger partial charge < -0.3 is 0 Å². The molecule has 4 rings (SSSR count). The molecular formula is C20H23N5O2. The number of nitrogens with zero attached hydrogens (tertiary/aromatic N) is 4. The van der Waals surface area contributed by atoms with Crippen molar-refractivity contribution in [3.63, 3.8) is 0 Å². The average Bonchev–Trinajstić information content (AvgIpc) is 3.33. The molecule has 2 aromatic heterocycles. The first kappa shape index (κ1) is 17.5. The van der Waals surface area contributed by atoms with Gasteiger partial charge in [0.05, 0.1) is 11.9 Å². The Labute approximate surface area is 157 Å². The van der Waals surface area contributed by atoms with Gasteiger partial charge in [0, 0.05) is 6.42 Å². The normalized spacial score (nSPS) is 14.7. The zero-order valence-electron chi connectivity index (χ0n) is 15.4. The second kappa shape index (κ2) is 7.34. The molecule has 7 nitrogen and oxygen atoms in total. The number of aryl methyl sites for hydroxylation is 1. The number of carbonyl (C=O) groups excluding carboxylic acids is 1. The molecule has 3 aromatic rings. The van der Waals surface area contributed by atoms with Gasteiger partial charge in [-0.25, -0.2) is 14.3 Å². The van der Waals surface area contributed by atoms with Gasteiger partial charge in [-0.15, -0.1) is 0 Å². The Morgan fingerprint density at radius 3 is 2.70 bits per heavy atom. The number of rotatable bonds is 5. The van der Waals surface area contributed by atoms with E-state index in [0.717, 1.165) is 22.3 Å². The molecule has 1 amide bonds. The van der Waals surface area contributed by atoms with Gasteiger partial charge in [-0.05, 0) is 31.4 Å². The third-order valence-electron chi connectivity index (χ3n) is 5.27. The number of fused-ring (bicyclic) bond motifs is 1. The van der Waals surface area contributed by atoms with Crippen LogP contribution in [0.5, 0.6) is 0 Å². The number of aromatic nitrogens is 4. The van der Waals surface area contributed by atoms with Crippen LogP contribution in [0, 0.1) is 12.8 Å². The smallest absolute Gasteiger partial charge is 0.273 e. The summed E-state index contributed by atoms with van der Waals surface area (Å²) in [5.41, 5.74) is 4.77. The number of benzene rings is 1. The molecule has 0 unspecified atom stereocenters. The lowest BCUT2D eigenvalue weighted by Gasteiger charge is -2.10. The van der Waals surface area contributed by atoms with Crippen molar-refractivity contribution < 1.29 is 4.79 Å². The Balaban J connectivity index is 1.53. The van der Waals surface area contributed by atoms with Crippen molar-refractivity contribution in [1.29, 1.82) is 0 Å². The average molecular weight is 365 g/mol. The summed E-state index contributed by atoms with van der Waals surface area (Å²) in [7, 11) is 0. The standard InChI is InChI=1S/C20H23N5O2/c1-14-6-9-16(10-7-14)25-19-17(12-22-25)20(27)24(13-21-19)23-18(26)11-8-15-4-2-3-5-15/h6-7,9-10,12-13,15H,2-5,8,11H2,1H3,(H,23,26). The highest BCUT2D eigenvalue weighted by Crippen LogP contribution is 2.28. The maximum absolute atomic E-state index is 12.7. The number of carbonyl (C=O) groups is 1. The summed E-state index contributed by atoms with van der Waals surface area (Å²) < 4.78 is 2.78. The zero-order chi connectivity index (χ0) is 18.8. The van der Waals surface area contributed by atoms with Crippen molar-refractivity contribution in [1.82, 2.24) is 19.4 Å². The predicted octanol–water partition coefficient (Wildman–Crippen LogP) is 2.93. The molecule has 7 heteroatoms. The molecule has 140 valence electrons. The molecule has 1 aliphatic carbocycles. The summed E-state index contributed by atoms with van der Waals surface area (Å²) >= 11 is 0. The maximum Gasteiger partial charge on any atom is 0.283 e.